The molecule has 0 saturated carbocycles. The van der Waals surface area contributed by atoms with Gasteiger partial charge in [-0.25, -0.2) is 0 Å². The van der Waals surface area contributed by atoms with Crippen molar-refractivity contribution in [2.24, 2.45) is 17.8 Å². The predicted molar refractivity (Wildman–Crippen MR) is 151 cm³/mol. The van der Waals surface area contributed by atoms with Gasteiger partial charge in [0.1, 0.15) is 0 Å². The second-order valence-corrected chi connectivity index (χ2v) is 11.1. The number of rotatable bonds is 17. The molecule has 0 aromatic rings. The Labute approximate surface area is 205 Å². The summed E-state index contributed by atoms with van der Waals surface area (Å²) in [6.45, 7) is 22.8. The molecule has 0 radical (unpaired) electrons. The highest BCUT2D eigenvalue weighted by Crippen LogP contribution is 2.20. The van der Waals surface area contributed by atoms with E-state index in [1.807, 2.05) is 0 Å². The predicted octanol–water partition coefficient (Wildman–Crippen LogP) is 11.9. The minimum atomic E-state index is 0.886. The molecule has 0 nitrogen and oxygen atoms in total. The first-order valence-electron chi connectivity index (χ1n) is 14.1. The highest BCUT2D eigenvalue weighted by molar-refractivity contribution is 5.05. The Hall–Kier alpha value is -0.780. The summed E-state index contributed by atoms with van der Waals surface area (Å²) in [5.74, 6) is 2.79. The molecule has 0 amide bonds. The van der Waals surface area contributed by atoms with Crippen LogP contribution in [0, 0.1) is 17.8 Å². The van der Waals surface area contributed by atoms with Crippen LogP contribution in [0.2, 0.25) is 0 Å². The summed E-state index contributed by atoms with van der Waals surface area (Å²) < 4.78 is 0. The van der Waals surface area contributed by atoms with Crippen molar-refractivity contribution in [3.63, 3.8) is 0 Å². The molecule has 0 aromatic heterocycles. The van der Waals surface area contributed by atoms with Crippen LogP contribution in [0.15, 0.2) is 34.9 Å². The Kier molecular flexibility index (Phi) is 24.4. The van der Waals surface area contributed by atoms with Crippen molar-refractivity contribution in [2.45, 2.75) is 153 Å². The van der Waals surface area contributed by atoms with E-state index in [0.29, 0.717) is 0 Å². The van der Waals surface area contributed by atoms with Crippen molar-refractivity contribution < 1.29 is 0 Å². The fourth-order valence-corrected chi connectivity index (χ4v) is 4.16. The highest BCUT2D eigenvalue weighted by Gasteiger charge is 2.05. The van der Waals surface area contributed by atoms with E-state index in [1.54, 1.807) is 0 Å². The first kappa shape index (κ1) is 33.4. The summed E-state index contributed by atoms with van der Waals surface area (Å²) in [6.07, 6.45) is 24.4. The van der Waals surface area contributed by atoms with Gasteiger partial charge in [-0.05, 0) is 77.6 Å². The third-order valence-corrected chi connectivity index (χ3v) is 6.33. The lowest BCUT2D eigenvalue weighted by Gasteiger charge is -2.14. The van der Waals surface area contributed by atoms with Crippen LogP contribution in [-0.2, 0) is 0 Å². The van der Waals surface area contributed by atoms with Gasteiger partial charge in [0.15, 0.2) is 0 Å². The average Bonchev–Trinajstić information content (AvgIpc) is 2.68. The summed E-state index contributed by atoms with van der Waals surface area (Å²) >= 11 is 0. The maximum Gasteiger partial charge on any atom is -0.0288 e. The van der Waals surface area contributed by atoms with Crippen LogP contribution in [0.1, 0.15) is 153 Å². The Morgan fingerprint density at radius 2 is 1.06 bits per heavy atom. The monoisotopic (exact) mass is 446 g/mol. The smallest absolute Gasteiger partial charge is 0.0288 e. The molecular weight excluding hydrogens is 384 g/mol. The largest absolute Gasteiger partial charge is 0.0859 e. The molecule has 0 aliphatic heterocycles. The van der Waals surface area contributed by atoms with Gasteiger partial charge in [0.25, 0.3) is 0 Å². The van der Waals surface area contributed by atoms with E-state index >= 15 is 0 Å². The molecule has 0 spiro atoms. The Balaban J connectivity index is 0. The molecule has 0 saturated heterocycles. The van der Waals surface area contributed by atoms with Gasteiger partial charge in [-0.3, -0.25) is 0 Å². The molecule has 0 N–H and O–H groups in total. The fourth-order valence-electron chi connectivity index (χ4n) is 4.16. The quantitative estimate of drug-likeness (QED) is 0.195. The fraction of sp³-hybridized carbons (Fsp3) is 0.812. The molecule has 0 heteroatoms. The van der Waals surface area contributed by atoms with E-state index in [1.165, 1.54) is 93.8 Å². The van der Waals surface area contributed by atoms with Crippen LogP contribution in [0.3, 0.4) is 0 Å². The minimum Gasteiger partial charge on any atom is -0.0859 e. The maximum atomic E-state index is 2.44. The normalized spacial score (nSPS) is 14.1. The van der Waals surface area contributed by atoms with E-state index in [9.17, 15) is 0 Å². The summed E-state index contributed by atoms with van der Waals surface area (Å²) in [4.78, 5) is 0. The van der Waals surface area contributed by atoms with Gasteiger partial charge in [0.2, 0.25) is 0 Å². The zero-order valence-corrected chi connectivity index (χ0v) is 24.2. The van der Waals surface area contributed by atoms with E-state index < -0.39 is 0 Å². The van der Waals surface area contributed by atoms with E-state index in [0.717, 1.165) is 24.2 Å². The van der Waals surface area contributed by atoms with Crippen molar-refractivity contribution in [2.75, 3.05) is 0 Å². The van der Waals surface area contributed by atoms with Crippen LogP contribution in [0.5, 0.6) is 0 Å². The van der Waals surface area contributed by atoms with Gasteiger partial charge in [0.05, 0.1) is 0 Å². The van der Waals surface area contributed by atoms with Crippen molar-refractivity contribution >= 4 is 0 Å². The summed E-state index contributed by atoms with van der Waals surface area (Å²) in [5.41, 5.74) is 4.48. The molecule has 32 heavy (non-hydrogen) atoms. The molecule has 0 fully saturated rings. The zero-order chi connectivity index (χ0) is 24.8. The molecule has 0 aliphatic carbocycles. The van der Waals surface area contributed by atoms with E-state index in [2.05, 4.69) is 87.5 Å². The first-order valence-corrected chi connectivity index (χ1v) is 14.1. The van der Waals surface area contributed by atoms with Gasteiger partial charge < -0.3 is 0 Å². The lowest BCUT2D eigenvalue weighted by atomic mass is 9.92. The standard InChI is InChI=1S/C16H34.C16H28/c2*1-6-9-15(4)12-8-13-16(5)11-7-10-14(2)3/h14-16H,6-13H2,1-5H3;9-10,13H,6-8,11-12H2,1-5H3/b;15-9+,16-13+/t15-,16+;/m1./s1. The second kappa shape index (κ2) is 23.4. The molecular formula is C32H62. The molecule has 2 atom stereocenters. The third kappa shape index (κ3) is 27.3. The SMILES string of the molecule is CC/C=C(\C)CC/C=C(\C)CCC=C(C)C.CCC[C@@H](C)CCC[C@@H](C)CCCC(C)C. The lowest BCUT2D eigenvalue weighted by Crippen LogP contribution is -1.99. The Bertz CT molecular complexity index is 484. The summed E-state index contributed by atoms with van der Waals surface area (Å²) in [5, 5.41) is 0. The van der Waals surface area contributed by atoms with Crippen LogP contribution < -0.4 is 0 Å². The number of allylic oxidation sites excluding steroid dienone is 6. The van der Waals surface area contributed by atoms with Gasteiger partial charge in [-0.15, -0.1) is 0 Å². The maximum absolute atomic E-state index is 2.44. The van der Waals surface area contributed by atoms with Crippen LogP contribution in [0.4, 0.5) is 0 Å². The van der Waals surface area contributed by atoms with Gasteiger partial charge >= 0.3 is 0 Å². The number of hydrogen-bond acceptors (Lipinski definition) is 0. The van der Waals surface area contributed by atoms with Crippen molar-refractivity contribution in [3.8, 4) is 0 Å². The average molecular weight is 447 g/mol. The van der Waals surface area contributed by atoms with Crippen LogP contribution >= 0.6 is 0 Å². The zero-order valence-electron chi connectivity index (χ0n) is 24.2. The van der Waals surface area contributed by atoms with Crippen LogP contribution in [-0.4, -0.2) is 0 Å². The summed E-state index contributed by atoms with van der Waals surface area (Å²) in [6, 6.07) is 0. The van der Waals surface area contributed by atoms with Crippen molar-refractivity contribution in [1.29, 1.82) is 0 Å². The van der Waals surface area contributed by atoms with Gasteiger partial charge in [0, 0.05) is 0 Å². The van der Waals surface area contributed by atoms with E-state index in [-0.39, 0.29) is 0 Å². The second-order valence-electron chi connectivity index (χ2n) is 11.1. The molecule has 0 aliphatic rings. The summed E-state index contributed by atoms with van der Waals surface area (Å²) in [7, 11) is 0. The molecule has 0 heterocycles. The molecule has 0 unspecified atom stereocenters. The van der Waals surface area contributed by atoms with Gasteiger partial charge in [-0.2, -0.15) is 0 Å². The minimum absolute atomic E-state index is 0.886. The van der Waals surface area contributed by atoms with E-state index in [4.69, 9.17) is 0 Å². The lowest BCUT2D eigenvalue weighted by molar-refractivity contribution is 0.391. The van der Waals surface area contributed by atoms with Crippen LogP contribution in [0.25, 0.3) is 0 Å². The molecule has 190 valence electrons. The highest BCUT2D eigenvalue weighted by atomic mass is 14.1. The van der Waals surface area contributed by atoms with Crippen molar-refractivity contribution in [1.82, 2.24) is 0 Å². The molecule has 0 rings (SSSR count). The third-order valence-electron chi connectivity index (χ3n) is 6.33. The Morgan fingerprint density at radius 3 is 1.53 bits per heavy atom. The first-order chi connectivity index (χ1) is 15.1. The Morgan fingerprint density at radius 1 is 0.594 bits per heavy atom. The molecule has 0 bridgehead atoms. The van der Waals surface area contributed by atoms with Crippen molar-refractivity contribution in [3.05, 3.63) is 34.9 Å². The topological polar surface area (TPSA) is 0 Å². The molecule has 0 aromatic carbocycles. The van der Waals surface area contributed by atoms with Gasteiger partial charge in [-0.1, -0.05) is 128 Å². The number of hydrogen-bond donors (Lipinski definition) is 0.